The first kappa shape index (κ1) is 30.8. The average Bonchev–Trinajstić information content (AvgIpc) is 2.82. The van der Waals surface area contributed by atoms with Gasteiger partial charge in [0, 0.05) is 13.5 Å². The number of methoxy groups -OCH3 is 1. The third kappa shape index (κ3) is 7.28. The predicted molar refractivity (Wildman–Crippen MR) is 120 cm³/mol. The number of hydrogen-bond acceptors (Lipinski definition) is 4. The lowest BCUT2D eigenvalue weighted by molar-refractivity contribution is -0.143. The van der Waals surface area contributed by atoms with E-state index in [1.165, 1.54) is 7.11 Å². The third-order valence-corrected chi connectivity index (χ3v) is 5.99. The molecule has 40 heavy (non-hydrogen) atoms. The van der Waals surface area contributed by atoms with Crippen molar-refractivity contribution in [2.75, 3.05) is 25.2 Å². The summed E-state index contributed by atoms with van der Waals surface area (Å²) >= 11 is 0. The van der Waals surface area contributed by atoms with Crippen LogP contribution in [0.4, 0.5) is 54.8 Å². The minimum absolute atomic E-state index is 0.0519. The Bertz CT molecular complexity index is 1210. The molecule has 0 bridgehead atoms. The highest BCUT2D eigenvalue weighted by Crippen LogP contribution is 2.41. The lowest BCUT2D eigenvalue weighted by Gasteiger charge is -2.39. The zero-order valence-electron chi connectivity index (χ0n) is 20.4. The summed E-state index contributed by atoms with van der Waals surface area (Å²) in [7, 11) is 1.26. The van der Waals surface area contributed by atoms with Crippen LogP contribution in [-0.2, 0) is 34.4 Å². The largest absolute Gasteiger partial charge is 0.465 e. The second-order valence-corrected chi connectivity index (χ2v) is 8.77. The van der Waals surface area contributed by atoms with Gasteiger partial charge in [0.2, 0.25) is 0 Å². The van der Waals surface area contributed by atoms with E-state index in [-0.39, 0.29) is 30.3 Å². The van der Waals surface area contributed by atoms with Gasteiger partial charge in [0.1, 0.15) is 0 Å². The highest BCUT2D eigenvalue weighted by atomic mass is 19.4. The van der Waals surface area contributed by atoms with Crippen molar-refractivity contribution < 1.29 is 63.7 Å². The van der Waals surface area contributed by atoms with Crippen molar-refractivity contribution in [3.63, 3.8) is 0 Å². The van der Waals surface area contributed by atoms with E-state index in [9.17, 15) is 54.2 Å². The summed E-state index contributed by atoms with van der Waals surface area (Å²) in [6, 6.07) is 1.03. The van der Waals surface area contributed by atoms with E-state index in [0.29, 0.717) is 24.3 Å². The number of carbonyl (C=O) groups is 2. The van der Waals surface area contributed by atoms with Crippen LogP contribution in [-0.4, -0.2) is 43.7 Å². The van der Waals surface area contributed by atoms with Crippen molar-refractivity contribution in [3.05, 3.63) is 64.2 Å². The molecule has 0 spiro atoms. The number of ether oxygens (including phenoxy) is 2. The van der Waals surface area contributed by atoms with Crippen molar-refractivity contribution in [2.45, 2.75) is 43.5 Å². The zero-order valence-corrected chi connectivity index (χ0v) is 20.4. The minimum Gasteiger partial charge on any atom is -0.465 e. The number of carboxylic acid groups (broad SMARTS) is 1. The molecule has 2 amide bonds. The van der Waals surface area contributed by atoms with Crippen LogP contribution in [0.5, 0.6) is 0 Å². The average molecular weight is 588 g/mol. The van der Waals surface area contributed by atoms with E-state index in [2.05, 4.69) is 5.32 Å². The van der Waals surface area contributed by atoms with E-state index >= 15 is 0 Å². The highest BCUT2D eigenvalue weighted by Gasteiger charge is 2.40. The molecule has 0 saturated carbocycles. The summed E-state index contributed by atoms with van der Waals surface area (Å²) in [5.41, 5.74) is -4.99. The van der Waals surface area contributed by atoms with Gasteiger partial charge in [-0.25, -0.2) is 9.59 Å². The number of rotatable bonds is 6. The van der Waals surface area contributed by atoms with Crippen molar-refractivity contribution >= 4 is 17.9 Å². The molecule has 3 rings (SSSR count). The first-order chi connectivity index (χ1) is 18.4. The number of alkyl halides is 9. The van der Waals surface area contributed by atoms with Gasteiger partial charge in [0.15, 0.2) is 0 Å². The monoisotopic (exact) mass is 588 g/mol. The third-order valence-electron chi connectivity index (χ3n) is 5.99. The molecule has 1 heterocycles. The molecule has 0 saturated heterocycles. The summed E-state index contributed by atoms with van der Waals surface area (Å²) in [6.07, 6.45) is -18.4. The van der Waals surface area contributed by atoms with Gasteiger partial charge in [0.05, 0.1) is 47.7 Å². The first-order valence-electron chi connectivity index (χ1n) is 11.4. The molecule has 0 unspecified atom stereocenters. The Morgan fingerprint density at radius 1 is 0.925 bits per heavy atom. The van der Waals surface area contributed by atoms with Gasteiger partial charge in [-0.15, -0.1) is 0 Å². The molecule has 1 aliphatic heterocycles. The maximum Gasteiger partial charge on any atom is 0.416 e. The molecule has 220 valence electrons. The number of benzene rings is 2. The van der Waals surface area contributed by atoms with Crippen LogP contribution in [0.2, 0.25) is 0 Å². The lowest BCUT2D eigenvalue weighted by atomic mass is 9.90. The van der Waals surface area contributed by atoms with Crippen LogP contribution in [0.25, 0.3) is 0 Å². The smallest absolute Gasteiger partial charge is 0.416 e. The van der Waals surface area contributed by atoms with E-state index in [4.69, 9.17) is 9.47 Å². The van der Waals surface area contributed by atoms with Gasteiger partial charge in [-0.2, -0.15) is 39.5 Å². The second-order valence-electron chi connectivity index (χ2n) is 8.77. The van der Waals surface area contributed by atoms with Crippen LogP contribution in [0.15, 0.2) is 36.4 Å². The Morgan fingerprint density at radius 2 is 1.50 bits per heavy atom. The molecule has 7 nitrogen and oxygen atoms in total. The van der Waals surface area contributed by atoms with E-state index in [0.717, 1.165) is 11.0 Å². The number of nitrogens with zero attached hydrogens (tertiary/aromatic N) is 1. The minimum atomic E-state index is -5.07. The topological polar surface area (TPSA) is 88.1 Å². The number of anilines is 1. The van der Waals surface area contributed by atoms with E-state index in [1.807, 2.05) is 0 Å². The highest BCUT2D eigenvalue weighted by molar-refractivity contribution is 5.89. The zero-order chi connectivity index (χ0) is 30.0. The van der Waals surface area contributed by atoms with Crippen LogP contribution >= 0.6 is 0 Å². The van der Waals surface area contributed by atoms with Gasteiger partial charge < -0.3 is 19.9 Å². The van der Waals surface area contributed by atoms with Crippen LogP contribution in [0.1, 0.15) is 40.3 Å². The summed E-state index contributed by atoms with van der Waals surface area (Å²) < 4.78 is 128. The molecule has 0 aromatic heterocycles. The standard InChI is InChI=1S/C24H21F9N2O5/c1-39-11-16-10-18(17-9-13(22(25,26)27)2-3-19(17)35(16)21(37)38)34-20(36)40-5-4-12-6-14(23(28,29)30)8-15(7-12)24(31,32)33/h2-3,6-9,16,18H,4-5,10-11H2,1H3,(H,34,36)(H,37,38)/t16-,18-/m0/s1. The predicted octanol–water partition coefficient (Wildman–Crippen LogP) is 6.66. The number of amides is 2. The maximum absolute atomic E-state index is 13.3. The second kappa shape index (κ2) is 11.4. The molecular weight excluding hydrogens is 567 g/mol. The Morgan fingerprint density at radius 3 is 2.00 bits per heavy atom. The summed E-state index contributed by atoms with van der Waals surface area (Å²) in [6.45, 7) is -0.855. The summed E-state index contributed by atoms with van der Waals surface area (Å²) in [4.78, 5) is 25.1. The number of alkyl carbamates (subject to hydrolysis) is 1. The van der Waals surface area contributed by atoms with Crippen molar-refractivity contribution in [1.29, 1.82) is 0 Å². The molecule has 2 atom stereocenters. The molecule has 16 heteroatoms. The van der Waals surface area contributed by atoms with E-state index < -0.39 is 78.1 Å². The molecule has 0 fully saturated rings. The molecule has 2 N–H and O–H groups in total. The fourth-order valence-corrected chi connectivity index (χ4v) is 4.27. The number of nitrogens with one attached hydrogen (secondary N) is 1. The number of halogens is 9. The molecule has 0 radical (unpaired) electrons. The maximum atomic E-state index is 13.3. The lowest BCUT2D eigenvalue weighted by Crippen LogP contribution is -2.49. The quantitative estimate of drug-likeness (QED) is 0.369. The van der Waals surface area contributed by atoms with Crippen molar-refractivity contribution in [3.8, 4) is 0 Å². The fraction of sp³-hybridized carbons (Fsp3) is 0.417. The number of hydrogen-bond donors (Lipinski definition) is 2. The molecule has 0 aliphatic carbocycles. The molecule has 2 aromatic rings. The summed E-state index contributed by atoms with van der Waals surface area (Å²) in [5, 5.41) is 11.9. The van der Waals surface area contributed by atoms with Gasteiger partial charge in [-0.1, -0.05) is 0 Å². The molecule has 1 aliphatic rings. The van der Waals surface area contributed by atoms with Crippen LogP contribution in [0.3, 0.4) is 0 Å². The fourth-order valence-electron chi connectivity index (χ4n) is 4.27. The van der Waals surface area contributed by atoms with E-state index in [1.54, 1.807) is 0 Å². The van der Waals surface area contributed by atoms with Gasteiger partial charge in [0.25, 0.3) is 0 Å². The molecular formula is C24H21F9N2O5. The first-order valence-corrected chi connectivity index (χ1v) is 11.4. The summed E-state index contributed by atoms with van der Waals surface area (Å²) in [5.74, 6) is 0. The number of carbonyl (C=O) groups excluding carboxylic acids is 1. The Hall–Kier alpha value is -3.69. The van der Waals surface area contributed by atoms with Crippen molar-refractivity contribution in [1.82, 2.24) is 5.32 Å². The van der Waals surface area contributed by atoms with Crippen LogP contribution in [0, 0.1) is 0 Å². The van der Waals surface area contributed by atoms with Gasteiger partial charge in [-0.3, -0.25) is 4.90 Å². The van der Waals surface area contributed by atoms with Gasteiger partial charge >= 0.3 is 30.7 Å². The molecule has 2 aromatic carbocycles. The Labute approximate surface area is 220 Å². The normalized spacial score (nSPS) is 17.8. The number of fused-ring (bicyclic) bond motifs is 1. The van der Waals surface area contributed by atoms with Crippen LogP contribution < -0.4 is 10.2 Å². The Balaban J connectivity index is 1.80. The Kier molecular flexibility index (Phi) is 8.81. The van der Waals surface area contributed by atoms with Crippen molar-refractivity contribution in [2.24, 2.45) is 0 Å². The van der Waals surface area contributed by atoms with Gasteiger partial charge in [-0.05, 0) is 53.9 Å². The SMILES string of the molecule is COC[C@@H]1C[C@H](NC(=O)OCCc2cc(C(F)(F)F)cc(C(F)(F)F)c2)c2cc(C(F)(F)F)ccc2N1C(=O)O.